The third-order valence-corrected chi connectivity index (χ3v) is 6.33. The summed E-state index contributed by atoms with van der Waals surface area (Å²) in [5, 5.41) is 7.82. The SMILES string of the molecule is COc1ccsc1C(=O)NC12CC(NC(=O)COc3ccc(Cl)c(F)c3)(C1)C2. The molecule has 1 heterocycles. The van der Waals surface area contributed by atoms with Gasteiger partial charge in [-0.15, -0.1) is 11.3 Å². The molecule has 3 aliphatic rings. The van der Waals surface area contributed by atoms with Crippen LogP contribution in [0.2, 0.25) is 5.02 Å². The van der Waals surface area contributed by atoms with Gasteiger partial charge in [0.05, 0.1) is 12.1 Å². The first-order chi connectivity index (χ1) is 13.3. The summed E-state index contributed by atoms with van der Waals surface area (Å²) < 4.78 is 23.9. The highest BCUT2D eigenvalue weighted by molar-refractivity contribution is 7.12. The van der Waals surface area contributed by atoms with Gasteiger partial charge in [-0.3, -0.25) is 9.59 Å². The molecule has 0 atom stereocenters. The molecule has 0 spiro atoms. The molecule has 3 saturated carbocycles. The van der Waals surface area contributed by atoms with Gasteiger partial charge < -0.3 is 20.1 Å². The summed E-state index contributed by atoms with van der Waals surface area (Å²) in [6.07, 6.45) is 2.04. The first-order valence-electron chi connectivity index (χ1n) is 8.67. The second-order valence-electron chi connectivity index (χ2n) is 7.28. The number of amides is 2. The Labute approximate surface area is 170 Å². The predicted molar refractivity (Wildman–Crippen MR) is 103 cm³/mol. The van der Waals surface area contributed by atoms with E-state index in [1.165, 1.54) is 30.6 Å². The third-order valence-electron chi connectivity index (χ3n) is 5.13. The lowest BCUT2D eigenvalue weighted by atomic mass is 9.44. The molecule has 28 heavy (non-hydrogen) atoms. The molecule has 9 heteroatoms. The summed E-state index contributed by atoms with van der Waals surface area (Å²) >= 11 is 6.95. The minimum absolute atomic E-state index is 0.00168. The Kier molecular flexibility index (Phi) is 4.71. The minimum atomic E-state index is -0.598. The van der Waals surface area contributed by atoms with Crippen LogP contribution in [0.3, 0.4) is 0 Å². The van der Waals surface area contributed by atoms with Gasteiger partial charge in [-0.2, -0.15) is 0 Å². The van der Waals surface area contributed by atoms with E-state index in [2.05, 4.69) is 10.6 Å². The number of methoxy groups -OCH3 is 1. The maximum atomic E-state index is 13.4. The van der Waals surface area contributed by atoms with Gasteiger partial charge in [0.1, 0.15) is 22.2 Å². The second-order valence-corrected chi connectivity index (χ2v) is 8.60. The lowest BCUT2D eigenvalue weighted by Gasteiger charge is -2.70. The molecule has 1 aromatic carbocycles. The summed E-state index contributed by atoms with van der Waals surface area (Å²) in [6, 6.07) is 5.78. The maximum absolute atomic E-state index is 13.4. The van der Waals surface area contributed by atoms with Crippen LogP contribution in [0, 0.1) is 5.82 Å². The average molecular weight is 425 g/mol. The van der Waals surface area contributed by atoms with E-state index in [4.69, 9.17) is 21.1 Å². The molecule has 0 radical (unpaired) electrons. The van der Waals surface area contributed by atoms with E-state index in [1.54, 1.807) is 6.07 Å². The van der Waals surface area contributed by atoms with E-state index in [9.17, 15) is 14.0 Å². The first kappa shape index (κ1) is 19.0. The van der Waals surface area contributed by atoms with Crippen molar-refractivity contribution in [2.75, 3.05) is 13.7 Å². The Morgan fingerprint density at radius 1 is 1.21 bits per heavy atom. The van der Waals surface area contributed by atoms with E-state index in [0.29, 0.717) is 29.9 Å². The van der Waals surface area contributed by atoms with Crippen molar-refractivity contribution in [1.82, 2.24) is 10.6 Å². The summed E-state index contributed by atoms with van der Waals surface area (Å²) in [5.74, 6) is -0.232. The standard InChI is InChI=1S/C19H18ClFN2O4S/c1-26-14-4-5-28-16(14)17(25)23-19-8-18(9-19,10-19)22-15(24)7-27-11-2-3-12(20)13(21)6-11/h2-6H,7-10H2,1H3,(H,22,24)(H,23,25). The number of nitrogens with one attached hydrogen (secondary N) is 2. The van der Waals surface area contributed by atoms with Crippen LogP contribution in [0.4, 0.5) is 4.39 Å². The van der Waals surface area contributed by atoms with Crippen molar-refractivity contribution in [3.05, 3.63) is 45.4 Å². The number of carbonyl (C=O) groups excluding carboxylic acids is 2. The van der Waals surface area contributed by atoms with Crippen LogP contribution in [0.1, 0.15) is 28.9 Å². The number of hydrogen-bond donors (Lipinski definition) is 2. The maximum Gasteiger partial charge on any atom is 0.265 e. The number of thiophene rings is 1. The fourth-order valence-corrected chi connectivity index (χ4v) is 4.89. The van der Waals surface area contributed by atoms with Crippen LogP contribution in [-0.4, -0.2) is 36.6 Å². The van der Waals surface area contributed by atoms with Gasteiger partial charge in [0.2, 0.25) is 0 Å². The summed E-state index contributed by atoms with van der Waals surface area (Å²) in [7, 11) is 1.53. The molecule has 1 aromatic heterocycles. The fourth-order valence-electron chi connectivity index (χ4n) is 4.02. The average Bonchev–Trinajstić information content (AvgIpc) is 3.08. The Morgan fingerprint density at radius 2 is 1.93 bits per heavy atom. The lowest BCUT2D eigenvalue weighted by Crippen LogP contribution is -2.84. The second kappa shape index (κ2) is 6.93. The van der Waals surface area contributed by atoms with E-state index < -0.39 is 5.82 Å². The van der Waals surface area contributed by atoms with Crippen LogP contribution in [-0.2, 0) is 4.79 Å². The number of halogens is 2. The highest BCUT2D eigenvalue weighted by atomic mass is 35.5. The molecule has 2 bridgehead atoms. The smallest absolute Gasteiger partial charge is 0.265 e. The molecule has 2 N–H and O–H groups in total. The third kappa shape index (κ3) is 3.42. The quantitative estimate of drug-likeness (QED) is 0.715. The number of rotatable bonds is 7. The molecular weight excluding hydrogens is 407 g/mol. The highest BCUT2D eigenvalue weighted by Gasteiger charge is 2.69. The predicted octanol–water partition coefficient (Wildman–Crippen LogP) is 3.15. The van der Waals surface area contributed by atoms with Crippen molar-refractivity contribution < 1.29 is 23.5 Å². The zero-order valence-corrected chi connectivity index (χ0v) is 16.6. The van der Waals surface area contributed by atoms with Crippen LogP contribution < -0.4 is 20.1 Å². The van der Waals surface area contributed by atoms with E-state index in [-0.39, 0.29) is 40.3 Å². The molecule has 2 aromatic rings. The number of carbonyl (C=O) groups is 2. The van der Waals surface area contributed by atoms with Crippen LogP contribution >= 0.6 is 22.9 Å². The topological polar surface area (TPSA) is 76.7 Å². The van der Waals surface area contributed by atoms with Gasteiger partial charge >= 0.3 is 0 Å². The Morgan fingerprint density at radius 3 is 2.61 bits per heavy atom. The van der Waals surface area contributed by atoms with Crippen LogP contribution in [0.15, 0.2) is 29.6 Å². The van der Waals surface area contributed by atoms with Crippen molar-refractivity contribution in [3.8, 4) is 11.5 Å². The van der Waals surface area contributed by atoms with Gasteiger partial charge in [-0.05, 0) is 42.8 Å². The van der Waals surface area contributed by atoms with E-state index in [0.717, 1.165) is 6.07 Å². The number of ether oxygens (including phenoxy) is 2. The molecule has 6 nitrogen and oxygen atoms in total. The molecule has 0 aliphatic heterocycles. The van der Waals surface area contributed by atoms with Crippen molar-refractivity contribution in [2.45, 2.75) is 30.3 Å². The summed E-state index contributed by atoms with van der Waals surface area (Å²) in [4.78, 5) is 25.1. The van der Waals surface area contributed by atoms with Crippen LogP contribution in [0.25, 0.3) is 0 Å². The van der Waals surface area contributed by atoms with Gasteiger partial charge in [0.25, 0.3) is 11.8 Å². The lowest BCUT2D eigenvalue weighted by molar-refractivity contribution is -0.141. The van der Waals surface area contributed by atoms with Crippen molar-refractivity contribution in [2.24, 2.45) is 0 Å². The normalized spacial score (nSPS) is 24.5. The molecule has 2 amide bonds. The Hall–Kier alpha value is -2.32. The molecule has 148 valence electrons. The molecule has 0 saturated heterocycles. The van der Waals surface area contributed by atoms with Crippen LogP contribution in [0.5, 0.6) is 11.5 Å². The van der Waals surface area contributed by atoms with Crippen molar-refractivity contribution in [1.29, 1.82) is 0 Å². The zero-order chi connectivity index (χ0) is 19.9. The molecular formula is C19H18ClFN2O4S. The molecule has 0 unspecified atom stereocenters. The Balaban J connectivity index is 1.24. The largest absolute Gasteiger partial charge is 0.495 e. The van der Waals surface area contributed by atoms with Gasteiger partial charge in [0.15, 0.2) is 6.61 Å². The first-order valence-corrected chi connectivity index (χ1v) is 9.92. The monoisotopic (exact) mass is 424 g/mol. The number of benzene rings is 1. The highest BCUT2D eigenvalue weighted by Crippen LogP contribution is 2.60. The molecule has 3 aliphatic carbocycles. The Bertz CT molecular complexity index is 928. The summed E-state index contributed by atoms with van der Waals surface area (Å²) in [6.45, 7) is -0.214. The van der Waals surface area contributed by atoms with Gasteiger partial charge in [-0.25, -0.2) is 4.39 Å². The molecule has 3 fully saturated rings. The number of hydrogen-bond acceptors (Lipinski definition) is 5. The molecule has 5 rings (SSSR count). The van der Waals surface area contributed by atoms with E-state index in [1.807, 2.05) is 5.38 Å². The minimum Gasteiger partial charge on any atom is -0.495 e. The van der Waals surface area contributed by atoms with Gasteiger partial charge in [-0.1, -0.05) is 11.6 Å². The van der Waals surface area contributed by atoms with E-state index >= 15 is 0 Å². The summed E-state index contributed by atoms with van der Waals surface area (Å²) in [5.41, 5.74) is -0.558. The van der Waals surface area contributed by atoms with Gasteiger partial charge in [0, 0.05) is 17.1 Å². The van der Waals surface area contributed by atoms with Crippen molar-refractivity contribution >= 4 is 34.8 Å². The van der Waals surface area contributed by atoms with Crippen molar-refractivity contribution in [3.63, 3.8) is 0 Å². The zero-order valence-electron chi connectivity index (χ0n) is 15.0. The fraction of sp³-hybridized carbons (Fsp3) is 0.368.